The molecule has 0 saturated carbocycles. The van der Waals surface area contributed by atoms with Crippen LogP contribution in [-0.4, -0.2) is 67.9 Å². The van der Waals surface area contributed by atoms with E-state index in [1.807, 2.05) is 30.9 Å². The minimum absolute atomic E-state index is 0.0678. The first-order valence-corrected chi connectivity index (χ1v) is 12.1. The van der Waals surface area contributed by atoms with Gasteiger partial charge in [-0.05, 0) is 38.8 Å². The Morgan fingerprint density at radius 1 is 1.25 bits per heavy atom. The first-order chi connectivity index (χ1) is 17.3. The van der Waals surface area contributed by atoms with Crippen LogP contribution in [-0.2, 0) is 4.79 Å². The third-order valence-electron chi connectivity index (χ3n) is 6.74. The van der Waals surface area contributed by atoms with Gasteiger partial charge in [0.15, 0.2) is 11.6 Å². The van der Waals surface area contributed by atoms with Gasteiger partial charge >= 0.3 is 0 Å². The van der Waals surface area contributed by atoms with Crippen molar-refractivity contribution in [3.05, 3.63) is 53.9 Å². The normalized spacial score (nSPS) is 20.8. The second-order valence-electron chi connectivity index (χ2n) is 9.60. The van der Waals surface area contributed by atoms with E-state index >= 15 is 0 Å². The van der Waals surface area contributed by atoms with Crippen LogP contribution in [0.4, 0.5) is 16.2 Å². The average Bonchev–Trinajstić information content (AvgIpc) is 3.44. The Kier molecular flexibility index (Phi) is 6.54. The van der Waals surface area contributed by atoms with E-state index < -0.39 is 5.82 Å². The highest BCUT2D eigenvalue weighted by atomic mass is 19.1. The highest BCUT2D eigenvalue weighted by Crippen LogP contribution is 2.28. The van der Waals surface area contributed by atoms with E-state index in [-0.39, 0.29) is 24.0 Å². The molecule has 0 aliphatic carbocycles. The molecule has 0 spiro atoms. The first kappa shape index (κ1) is 24.1. The highest BCUT2D eigenvalue weighted by molar-refractivity contribution is 5.82. The summed E-state index contributed by atoms with van der Waals surface area (Å²) in [6, 6.07) is 5.80. The number of rotatable bonds is 7. The maximum Gasteiger partial charge on any atom is 0.229 e. The molecule has 3 aromatic heterocycles. The van der Waals surface area contributed by atoms with E-state index in [2.05, 4.69) is 43.1 Å². The van der Waals surface area contributed by atoms with Crippen molar-refractivity contribution in [1.29, 1.82) is 0 Å². The number of carbonyl (C=O) groups excluding carboxylic acids is 1. The van der Waals surface area contributed by atoms with Crippen molar-refractivity contribution >= 4 is 17.7 Å². The summed E-state index contributed by atoms with van der Waals surface area (Å²) in [5.74, 6) is 1.43. The third-order valence-corrected chi connectivity index (χ3v) is 6.74. The quantitative estimate of drug-likeness (QED) is 0.452. The zero-order valence-electron chi connectivity index (χ0n) is 20.8. The van der Waals surface area contributed by atoms with Crippen LogP contribution in [0.3, 0.4) is 0 Å². The summed E-state index contributed by atoms with van der Waals surface area (Å²) in [7, 11) is 1.81. The number of hydrogen-bond acceptors (Lipinski definition) is 9. The minimum Gasteiger partial charge on any atom is -0.353 e. The van der Waals surface area contributed by atoms with Gasteiger partial charge in [-0.1, -0.05) is 6.07 Å². The molecule has 11 nitrogen and oxygen atoms in total. The second-order valence-corrected chi connectivity index (χ2v) is 9.60. The number of hydrogen-bond donors (Lipinski definition) is 3. The van der Waals surface area contributed by atoms with Gasteiger partial charge in [0.1, 0.15) is 5.82 Å². The Hall–Kier alpha value is -3.64. The monoisotopic (exact) mass is 494 g/mol. The lowest BCUT2D eigenvalue weighted by Crippen LogP contribution is -2.55. The van der Waals surface area contributed by atoms with E-state index in [9.17, 15) is 9.18 Å². The van der Waals surface area contributed by atoms with Crippen molar-refractivity contribution in [3.8, 4) is 5.82 Å². The molecule has 0 aromatic carbocycles. The van der Waals surface area contributed by atoms with E-state index in [1.165, 1.54) is 10.9 Å². The number of carbonyl (C=O) groups is 1. The third kappa shape index (κ3) is 5.00. The van der Waals surface area contributed by atoms with E-state index in [0.29, 0.717) is 30.9 Å². The molecule has 3 atom stereocenters. The van der Waals surface area contributed by atoms with Gasteiger partial charge in [0, 0.05) is 44.1 Å². The highest BCUT2D eigenvalue weighted by Gasteiger charge is 2.37. The van der Waals surface area contributed by atoms with Crippen molar-refractivity contribution in [2.45, 2.75) is 45.4 Å². The number of aryl methyl sites for hydroxylation is 1. The zero-order valence-corrected chi connectivity index (χ0v) is 20.8. The maximum absolute atomic E-state index is 13.2. The molecule has 2 aliphatic heterocycles. The summed E-state index contributed by atoms with van der Waals surface area (Å²) < 4.78 is 14.6. The molecule has 2 unspecified atom stereocenters. The first-order valence-electron chi connectivity index (χ1n) is 12.1. The van der Waals surface area contributed by atoms with Crippen molar-refractivity contribution < 1.29 is 9.18 Å². The lowest BCUT2D eigenvalue weighted by Gasteiger charge is -2.41. The molecule has 2 aliphatic rings. The predicted octanol–water partition coefficient (Wildman–Crippen LogP) is 1.79. The lowest BCUT2D eigenvalue weighted by molar-refractivity contribution is -0.137. The Labute approximate surface area is 209 Å². The largest absolute Gasteiger partial charge is 0.353 e. The van der Waals surface area contributed by atoms with Crippen LogP contribution < -0.4 is 21.1 Å². The summed E-state index contributed by atoms with van der Waals surface area (Å²) in [6.07, 6.45) is 5.15. The van der Waals surface area contributed by atoms with E-state index in [4.69, 9.17) is 0 Å². The molecule has 190 valence electrons. The van der Waals surface area contributed by atoms with Gasteiger partial charge in [-0.3, -0.25) is 10.2 Å². The number of anilines is 2. The number of hydrazine groups is 1. The summed E-state index contributed by atoms with van der Waals surface area (Å²) in [5.41, 5.74) is 8.17. The summed E-state index contributed by atoms with van der Waals surface area (Å²) >= 11 is 0. The van der Waals surface area contributed by atoms with Crippen LogP contribution in [0, 0.1) is 18.7 Å². The fourth-order valence-electron chi connectivity index (χ4n) is 4.46. The molecular formula is C24H31FN10O. The zero-order chi connectivity index (χ0) is 25.4. The molecule has 3 N–H and O–H groups in total. The fraction of sp³-hybridized carbons (Fsp3) is 0.458. The Balaban J connectivity index is 1.18. The molecule has 3 aromatic rings. The van der Waals surface area contributed by atoms with Gasteiger partial charge in [0.25, 0.3) is 0 Å². The minimum atomic E-state index is -0.421. The number of nitrogens with zero attached hydrogens (tertiary/aromatic N) is 7. The van der Waals surface area contributed by atoms with Crippen LogP contribution in [0.1, 0.15) is 37.6 Å². The molecule has 0 radical (unpaired) electrons. The summed E-state index contributed by atoms with van der Waals surface area (Å²) in [5, 5.41) is 7.33. The number of nitrogens with one attached hydrogen (secondary N) is 3. The molecular weight excluding hydrogens is 463 g/mol. The molecule has 1 amide bonds. The van der Waals surface area contributed by atoms with Crippen LogP contribution in [0.15, 0.2) is 36.8 Å². The number of halogens is 1. The van der Waals surface area contributed by atoms with Gasteiger partial charge in [-0.25, -0.2) is 24.5 Å². The van der Waals surface area contributed by atoms with Crippen LogP contribution in [0.25, 0.3) is 5.82 Å². The molecule has 36 heavy (non-hydrogen) atoms. The lowest BCUT2D eigenvalue weighted by atomic mass is 9.97. The predicted molar refractivity (Wildman–Crippen MR) is 133 cm³/mol. The van der Waals surface area contributed by atoms with E-state index in [0.717, 1.165) is 29.7 Å². The van der Waals surface area contributed by atoms with Gasteiger partial charge in [0.2, 0.25) is 11.9 Å². The number of pyridine rings is 1. The average molecular weight is 495 g/mol. The molecule has 12 heteroatoms. The Morgan fingerprint density at radius 3 is 2.69 bits per heavy atom. The standard InChI is InChI=1S/C24H31FN10O/c1-14-7-20(29-21-8-15(2)31-32-21)30-24(28-14)34-11-18(12-34)23(36)33(4)16(3)17-5-6-22(26-9-17)35-13-19(25)10-27-35/h5-7,9-10,13,15-16,18,21,31-32H,8,11-12H2,1-4H3,(H,28,29,30)/t15?,16-,21?/m0/s1. The Bertz CT molecular complexity index is 1230. The summed E-state index contributed by atoms with van der Waals surface area (Å²) in [4.78, 5) is 30.6. The number of aromatic nitrogens is 5. The SMILES string of the molecule is Cc1cc(NC2CC(C)NN2)nc(N2CC(C(=O)N(C)[C@@H](C)c3ccc(-n4cc(F)cn4)nc3)C2)n1. The molecule has 5 heterocycles. The smallest absolute Gasteiger partial charge is 0.229 e. The second kappa shape index (κ2) is 9.78. The maximum atomic E-state index is 13.2. The van der Waals surface area contributed by atoms with Crippen molar-refractivity contribution in [1.82, 2.24) is 40.5 Å². The summed E-state index contributed by atoms with van der Waals surface area (Å²) in [6.45, 7) is 7.17. The van der Waals surface area contributed by atoms with Gasteiger partial charge in [-0.2, -0.15) is 10.1 Å². The van der Waals surface area contributed by atoms with Crippen molar-refractivity contribution in [2.24, 2.45) is 5.92 Å². The van der Waals surface area contributed by atoms with Crippen molar-refractivity contribution in [2.75, 3.05) is 30.4 Å². The molecule has 5 rings (SSSR count). The van der Waals surface area contributed by atoms with Crippen LogP contribution >= 0.6 is 0 Å². The fourth-order valence-corrected chi connectivity index (χ4v) is 4.46. The van der Waals surface area contributed by atoms with Crippen LogP contribution in [0.5, 0.6) is 0 Å². The molecule has 2 fully saturated rings. The Morgan fingerprint density at radius 2 is 2.06 bits per heavy atom. The number of amides is 1. The van der Waals surface area contributed by atoms with E-state index in [1.54, 1.807) is 24.2 Å². The van der Waals surface area contributed by atoms with Gasteiger partial charge in [0.05, 0.1) is 30.5 Å². The molecule has 0 bridgehead atoms. The molecule has 2 saturated heterocycles. The van der Waals surface area contributed by atoms with Gasteiger partial charge < -0.3 is 15.1 Å². The topological polar surface area (TPSA) is 116 Å². The van der Waals surface area contributed by atoms with Crippen LogP contribution in [0.2, 0.25) is 0 Å². The van der Waals surface area contributed by atoms with Gasteiger partial charge in [-0.15, -0.1) is 0 Å². The van der Waals surface area contributed by atoms with Crippen molar-refractivity contribution in [3.63, 3.8) is 0 Å².